The predicted molar refractivity (Wildman–Crippen MR) is 191 cm³/mol. The first kappa shape index (κ1) is 28.4. The first-order valence-corrected chi connectivity index (χ1v) is 16.2. The summed E-state index contributed by atoms with van der Waals surface area (Å²) in [6, 6.07) is 38.2. The second kappa shape index (κ2) is 9.25. The van der Waals surface area contributed by atoms with Crippen molar-refractivity contribution in [2.24, 2.45) is 0 Å². The first-order chi connectivity index (χ1) is 21.9. The molecular weight excluding hydrogens is 557 g/mol. The number of aromatic nitrogens is 1. The fourth-order valence-electron chi connectivity index (χ4n) is 8.39. The van der Waals surface area contributed by atoms with Gasteiger partial charge in [0.1, 0.15) is 12.1 Å². The summed E-state index contributed by atoms with van der Waals surface area (Å²) in [5.74, 6) is 0. The van der Waals surface area contributed by atoms with Gasteiger partial charge in [0.15, 0.2) is 0 Å². The van der Waals surface area contributed by atoms with Crippen LogP contribution in [0.25, 0.3) is 32.9 Å². The molecule has 3 nitrogen and oxygen atoms in total. The van der Waals surface area contributed by atoms with Gasteiger partial charge in [-0.25, -0.2) is 0 Å². The minimum absolute atomic E-state index is 0.154. The van der Waals surface area contributed by atoms with Gasteiger partial charge >= 0.3 is 6.85 Å². The first-order valence-electron chi connectivity index (χ1n) is 16.2. The van der Waals surface area contributed by atoms with Gasteiger partial charge < -0.3 is 4.48 Å². The third-order valence-corrected chi connectivity index (χ3v) is 10.7. The zero-order valence-electron chi connectivity index (χ0n) is 27.6. The van der Waals surface area contributed by atoms with Crippen LogP contribution in [0.1, 0.15) is 87.4 Å². The highest BCUT2D eigenvalue weighted by molar-refractivity contribution is 6.86. The van der Waals surface area contributed by atoms with Crippen LogP contribution >= 0.6 is 0 Å². The van der Waals surface area contributed by atoms with Gasteiger partial charge in [-0.05, 0) is 91.9 Å². The minimum Gasteiger partial charge on any atom is -0.374 e. The van der Waals surface area contributed by atoms with E-state index in [0.29, 0.717) is 11.1 Å². The molecule has 0 fully saturated rings. The Morgan fingerprint density at radius 2 is 1.11 bits per heavy atom. The molecule has 0 amide bonds. The summed E-state index contributed by atoms with van der Waals surface area (Å²) in [7, 11) is 0. The zero-order chi connectivity index (χ0) is 32.3. The molecule has 4 heteroatoms. The minimum atomic E-state index is -0.316. The van der Waals surface area contributed by atoms with Gasteiger partial charge in [-0.1, -0.05) is 108 Å². The highest BCUT2D eigenvalue weighted by Crippen LogP contribution is 2.53. The lowest BCUT2D eigenvalue weighted by Gasteiger charge is -2.39. The highest BCUT2D eigenvalue weighted by Gasteiger charge is 2.50. The molecule has 222 valence electrons. The largest absolute Gasteiger partial charge is 0.374 e. The van der Waals surface area contributed by atoms with Gasteiger partial charge in [0.25, 0.3) is 0 Å². The fourth-order valence-corrected chi connectivity index (χ4v) is 8.39. The number of nitriles is 2. The van der Waals surface area contributed by atoms with E-state index >= 15 is 0 Å². The number of hydrogen-bond acceptors (Lipinski definition) is 2. The molecule has 0 N–H and O–H groups in total. The van der Waals surface area contributed by atoms with Crippen LogP contribution in [-0.2, 0) is 16.2 Å². The lowest BCUT2D eigenvalue weighted by atomic mass is 9.41. The highest BCUT2D eigenvalue weighted by atomic mass is 14.9. The van der Waals surface area contributed by atoms with Crippen LogP contribution in [0.5, 0.6) is 0 Å². The fraction of sp³-hybridized carbons (Fsp3) is 0.238. The predicted octanol–water partition coefficient (Wildman–Crippen LogP) is 8.43. The van der Waals surface area contributed by atoms with Crippen molar-refractivity contribution in [3.8, 4) is 23.3 Å². The van der Waals surface area contributed by atoms with Gasteiger partial charge in [0, 0.05) is 16.2 Å². The van der Waals surface area contributed by atoms with E-state index in [-0.39, 0.29) is 23.1 Å². The van der Waals surface area contributed by atoms with Gasteiger partial charge in [0.05, 0.1) is 22.2 Å². The number of fused-ring (bicyclic) bond motifs is 8. The number of nitrogens with zero attached hydrogens (tertiary/aromatic N) is 3. The lowest BCUT2D eigenvalue weighted by molar-refractivity contribution is 0.590. The van der Waals surface area contributed by atoms with E-state index in [4.69, 9.17) is 0 Å². The standard InChI is InChI=1S/C42H36BN3/c1-40(2,3)27-19-25(23-44)38-31(21-27)32-22-28(41(4,5)6)20-26(24-45)39(32)46(38)43-35-17-11-10-16-34(35)42(7)33-15-9-8-13-29(33)30-14-12-18-36(43)37(30)42/h8-22H,1-7H3. The molecule has 46 heavy (non-hydrogen) atoms. The third-order valence-electron chi connectivity index (χ3n) is 10.7. The SMILES string of the molecule is CC(C)(C)c1cc(C#N)c2c(c1)c1cc(C(C)(C)C)cc(C#N)c1n2B1c2ccccc2C2(C)c3ccccc3-c3cccc1c32. The Morgan fingerprint density at radius 3 is 1.67 bits per heavy atom. The molecule has 2 heterocycles. The second-order valence-electron chi connectivity index (χ2n) is 15.4. The third kappa shape index (κ3) is 3.59. The monoisotopic (exact) mass is 593 g/mol. The normalized spacial score (nSPS) is 16.6. The van der Waals surface area contributed by atoms with E-state index in [0.717, 1.165) is 32.9 Å². The summed E-state index contributed by atoms with van der Waals surface area (Å²) in [5, 5.41) is 23.7. The zero-order valence-corrected chi connectivity index (χ0v) is 27.6. The molecule has 1 aliphatic carbocycles. The van der Waals surface area contributed by atoms with E-state index in [2.05, 4.69) is 156 Å². The van der Waals surface area contributed by atoms with Crippen LogP contribution in [0.3, 0.4) is 0 Å². The molecule has 1 aliphatic heterocycles. The smallest absolute Gasteiger partial charge is 0.328 e. The quantitative estimate of drug-likeness (QED) is 0.180. The molecule has 0 saturated heterocycles. The summed E-state index contributed by atoms with van der Waals surface area (Å²) in [6.07, 6.45) is 0. The average molecular weight is 594 g/mol. The number of hydrogen-bond donors (Lipinski definition) is 0. The summed E-state index contributed by atoms with van der Waals surface area (Å²) in [5.41, 5.74) is 13.6. The summed E-state index contributed by atoms with van der Waals surface area (Å²) in [4.78, 5) is 0. The maximum atomic E-state index is 10.8. The summed E-state index contributed by atoms with van der Waals surface area (Å²) < 4.78 is 2.34. The Bertz CT molecular complexity index is 2290. The van der Waals surface area contributed by atoms with Gasteiger partial charge in [-0.3, -0.25) is 0 Å². The van der Waals surface area contributed by atoms with E-state index < -0.39 is 0 Å². The van der Waals surface area contributed by atoms with E-state index in [1.54, 1.807) is 0 Å². The Morgan fingerprint density at radius 1 is 0.609 bits per heavy atom. The number of rotatable bonds is 1. The summed E-state index contributed by atoms with van der Waals surface area (Å²) >= 11 is 0. The van der Waals surface area contributed by atoms with E-state index in [1.807, 2.05) is 0 Å². The van der Waals surface area contributed by atoms with Crippen LogP contribution in [0.4, 0.5) is 0 Å². The van der Waals surface area contributed by atoms with Crippen LogP contribution in [0, 0.1) is 22.7 Å². The van der Waals surface area contributed by atoms with Crippen LogP contribution in [-0.4, -0.2) is 11.3 Å². The molecule has 0 bridgehead atoms. The van der Waals surface area contributed by atoms with Crippen molar-refractivity contribution < 1.29 is 0 Å². The molecule has 5 aromatic carbocycles. The molecule has 2 aliphatic rings. The molecule has 8 rings (SSSR count). The van der Waals surface area contributed by atoms with Gasteiger partial charge in [0.2, 0.25) is 0 Å². The van der Waals surface area contributed by atoms with Crippen molar-refractivity contribution in [2.75, 3.05) is 0 Å². The van der Waals surface area contributed by atoms with Crippen molar-refractivity contribution in [3.05, 3.63) is 130 Å². The summed E-state index contributed by atoms with van der Waals surface area (Å²) in [6.45, 7) is 15.3. The molecule has 1 unspecified atom stereocenters. The van der Waals surface area contributed by atoms with Gasteiger partial charge in [-0.2, -0.15) is 10.5 Å². The second-order valence-corrected chi connectivity index (χ2v) is 15.4. The van der Waals surface area contributed by atoms with Crippen molar-refractivity contribution in [3.63, 3.8) is 0 Å². The van der Waals surface area contributed by atoms with E-state index in [1.165, 1.54) is 38.7 Å². The Kier molecular flexibility index (Phi) is 5.71. The molecular formula is C42H36BN3. The molecule has 0 spiro atoms. The van der Waals surface area contributed by atoms with Gasteiger partial charge in [-0.15, -0.1) is 0 Å². The maximum Gasteiger partial charge on any atom is 0.328 e. The average Bonchev–Trinajstić information content (AvgIpc) is 3.51. The van der Waals surface area contributed by atoms with Crippen LogP contribution < -0.4 is 10.9 Å². The Labute approximate surface area is 271 Å². The lowest BCUT2D eigenvalue weighted by Crippen LogP contribution is -2.58. The van der Waals surface area contributed by atoms with Crippen molar-refractivity contribution in [2.45, 2.75) is 64.7 Å². The Hall–Kier alpha value is -5.06. The molecule has 1 atom stereocenters. The van der Waals surface area contributed by atoms with Crippen molar-refractivity contribution >= 4 is 39.6 Å². The molecule has 0 saturated carbocycles. The van der Waals surface area contributed by atoms with Crippen molar-refractivity contribution in [1.29, 1.82) is 10.5 Å². The molecule has 1 aromatic heterocycles. The van der Waals surface area contributed by atoms with Crippen molar-refractivity contribution in [1.82, 2.24) is 4.48 Å². The van der Waals surface area contributed by atoms with E-state index in [9.17, 15) is 10.5 Å². The Balaban J connectivity index is 1.60. The molecule has 0 radical (unpaired) electrons. The number of benzene rings is 5. The molecule has 6 aromatic rings. The topological polar surface area (TPSA) is 52.5 Å². The van der Waals surface area contributed by atoms with Crippen LogP contribution in [0.2, 0.25) is 0 Å². The van der Waals surface area contributed by atoms with Crippen LogP contribution in [0.15, 0.2) is 91.0 Å². The maximum absolute atomic E-state index is 10.8.